The van der Waals surface area contributed by atoms with Gasteiger partial charge in [-0.25, -0.2) is 0 Å². The number of rotatable bonds is 6. The second-order valence-electron chi connectivity index (χ2n) is 7.92. The lowest BCUT2D eigenvalue weighted by Crippen LogP contribution is -2.30. The molecule has 1 saturated carbocycles. The third-order valence-corrected chi connectivity index (χ3v) is 7.30. The number of aryl methyl sites for hydroxylation is 2. The summed E-state index contributed by atoms with van der Waals surface area (Å²) < 4.78 is 26.1. The van der Waals surface area contributed by atoms with E-state index in [4.69, 9.17) is 9.15 Å². The molecule has 0 aliphatic heterocycles. The van der Waals surface area contributed by atoms with E-state index in [1.165, 1.54) is 12.8 Å². The first kappa shape index (κ1) is 19.4. The van der Waals surface area contributed by atoms with Crippen molar-refractivity contribution in [1.29, 1.82) is 0 Å². The number of furan rings is 1. The van der Waals surface area contributed by atoms with Gasteiger partial charge < -0.3 is 18.3 Å². The molecule has 28 heavy (non-hydrogen) atoms. The Morgan fingerprint density at radius 2 is 2.11 bits per heavy atom. The maximum absolute atomic E-state index is 12.6. The van der Waals surface area contributed by atoms with Crippen LogP contribution in [0.15, 0.2) is 39.4 Å². The summed E-state index contributed by atoms with van der Waals surface area (Å²) in [6.07, 6.45) is 8.44. The Balaban J connectivity index is 1.85. The van der Waals surface area contributed by atoms with E-state index in [0.29, 0.717) is 29.6 Å². The quantitative estimate of drug-likeness (QED) is 0.688. The third-order valence-electron chi connectivity index (χ3n) is 5.56. The summed E-state index contributed by atoms with van der Waals surface area (Å²) in [6, 6.07) is 1.90. The van der Waals surface area contributed by atoms with Gasteiger partial charge in [-0.05, 0) is 62.0 Å². The van der Waals surface area contributed by atoms with Crippen LogP contribution in [0.5, 0.6) is 0 Å². The molecule has 0 N–H and O–H groups in total. The van der Waals surface area contributed by atoms with Gasteiger partial charge in [0.05, 0.1) is 6.61 Å². The third kappa shape index (κ3) is 3.55. The molecular formula is C22H27NO4S. The van der Waals surface area contributed by atoms with Crippen LogP contribution in [-0.2, 0) is 23.0 Å². The first-order valence-corrected chi connectivity index (χ1v) is 11.3. The number of nitrogens with zero attached hydrogens (tertiary/aromatic N) is 1. The highest BCUT2D eigenvalue weighted by Crippen LogP contribution is 2.39. The second kappa shape index (κ2) is 7.48. The number of aromatic nitrogens is 1. The van der Waals surface area contributed by atoms with Crippen LogP contribution in [0.4, 0.5) is 0 Å². The second-order valence-corrected chi connectivity index (χ2v) is 9.80. The Kier molecular flexibility index (Phi) is 5.19. The van der Waals surface area contributed by atoms with Crippen molar-refractivity contribution in [1.82, 2.24) is 4.57 Å². The fourth-order valence-corrected chi connectivity index (χ4v) is 4.97. The van der Waals surface area contributed by atoms with Crippen LogP contribution in [0, 0.1) is 18.8 Å². The van der Waals surface area contributed by atoms with Crippen LogP contribution in [0.1, 0.15) is 38.0 Å². The molecule has 0 amide bonds. The van der Waals surface area contributed by atoms with Gasteiger partial charge in [0.25, 0.3) is 5.56 Å². The number of hydrogen-bond donors (Lipinski definition) is 0. The molecule has 150 valence electrons. The zero-order valence-corrected chi connectivity index (χ0v) is 17.7. The van der Waals surface area contributed by atoms with Crippen molar-refractivity contribution in [2.45, 2.75) is 38.9 Å². The fraction of sp³-hybridized carbons (Fsp3) is 0.500. The molecule has 2 aromatic rings. The zero-order chi connectivity index (χ0) is 20.0. The Bertz CT molecular complexity index is 1010. The van der Waals surface area contributed by atoms with E-state index in [1.54, 1.807) is 11.6 Å². The van der Waals surface area contributed by atoms with E-state index >= 15 is 0 Å². The first-order chi connectivity index (χ1) is 13.4. The molecule has 0 saturated heterocycles. The number of hydrogen-bond acceptors (Lipinski definition) is 4. The summed E-state index contributed by atoms with van der Waals surface area (Å²) in [5, 5.41) is 0.705. The summed E-state index contributed by atoms with van der Waals surface area (Å²) in [5.74, 6) is 2.90. The molecule has 0 spiro atoms. The van der Waals surface area contributed by atoms with E-state index in [2.05, 4.69) is 19.1 Å². The van der Waals surface area contributed by atoms with Gasteiger partial charge in [0.15, 0.2) is 5.58 Å². The maximum atomic E-state index is 12.6. The molecule has 3 atom stereocenters. The number of fused-ring (bicyclic) bond motifs is 1. The number of pyridine rings is 1. The molecule has 3 unspecified atom stereocenters. The van der Waals surface area contributed by atoms with Crippen LogP contribution in [0.3, 0.4) is 0 Å². The summed E-state index contributed by atoms with van der Waals surface area (Å²) in [6.45, 7) is 6.58. The van der Waals surface area contributed by atoms with Crippen molar-refractivity contribution in [2.75, 3.05) is 12.4 Å². The zero-order valence-electron chi connectivity index (χ0n) is 16.9. The lowest BCUT2D eigenvalue weighted by atomic mass is 9.91. The molecule has 2 aliphatic rings. The molecule has 2 aliphatic carbocycles. The Morgan fingerprint density at radius 3 is 2.79 bits per heavy atom. The van der Waals surface area contributed by atoms with Crippen molar-refractivity contribution < 1.29 is 13.7 Å². The van der Waals surface area contributed by atoms with Gasteiger partial charge in [-0.2, -0.15) is 0 Å². The Hall–Kier alpha value is -1.92. The van der Waals surface area contributed by atoms with Crippen LogP contribution >= 0.6 is 0 Å². The first-order valence-electron chi connectivity index (χ1n) is 9.93. The van der Waals surface area contributed by atoms with E-state index < -0.39 is 11.2 Å². The molecule has 4 rings (SSSR count). The van der Waals surface area contributed by atoms with Crippen molar-refractivity contribution >= 4 is 27.7 Å². The van der Waals surface area contributed by atoms with Crippen molar-refractivity contribution in [3.63, 3.8) is 0 Å². The minimum Gasteiger partial charge on any atom is -0.616 e. The van der Waals surface area contributed by atoms with Gasteiger partial charge in [0, 0.05) is 35.7 Å². The van der Waals surface area contributed by atoms with Gasteiger partial charge >= 0.3 is 0 Å². The lowest BCUT2D eigenvalue weighted by molar-refractivity contribution is 0.210. The predicted octanol–water partition coefficient (Wildman–Crippen LogP) is 3.92. The minimum atomic E-state index is -0.960. The normalized spacial score (nSPS) is 23.5. The standard InChI is InChI=1S/C22H27NO4S/c1-5-28(25)20-10-16(19(8-13(20)2)26-12-15-6-7-15)18-11-23(4)22(24)21-17(18)9-14(3)27-21/h8-11,13,15,20H,5-7,12H2,1-4H3. The lowest BCUT2D eigenvalue weighted by Gasteiger charge is -2.28. The molecule has 0 aromatic carbocycles. The van der Waals surface area contributed by atoms with Gasteiger partial charge in [0.1, 0.15) is 22.5 Å². The minimum absolute atomic E-state index is 0.0754. The van der Waals surface area contributed by atoms with E-state index in [0.717, 1.165) is 22.3 Å². The Labute approximate surface area is 168 Å². The van der Waals surface area contributed by atoms with Crippen LogP contribution in [0.25, 0.3) is 16.5 Å². The summed E-state index contributed by atoms with van der Waals surface area (Å²) in [7, 11) is 1.73. The van der Waals surface area contributed by atoms with Gasteiger partial charge in [-0.3, -0.25) is 4.79 Å². The average molecular weight is 402 g/mol. The monoisotopic (exact) mass is 401 g/mol. The average Bonchev–Trinajstić information content (AvgIpc) is 3.42. The van der Waals surface area contributed by atoms with Gasteiger partial charge in [0.2, 0.25) is 0 Å². The summed E-state index contributed by atoms with van der Waals surface area (Å²) in [5.41, 5.74) is 1.99. The molecule has 2 aromatic heterocycles. The SMILES string of the molecule is CC[S+]([O-])C1C=C(c2cn(C)c(=O)c3oc(C)cc23)C(OCC2CC2)=CC1C. The predicted molar refractivity (Wildman–Crippen MR) is 113 cm³/mol. The maximum Gasteiger partial charge on any atom is 0.293 e. The molecule has 0 bridgehead atoms. The van der Waals surface area contributed by atoms with E-state index in [1.807, 2.05) is 26.1 Å². The number of allylic oxidation sites excluding steroid dienone is 2. The van der Waals surface area contributed by atoms with Crippen LogP contribution < -0.4 is 5.56 Å². The molecular weight excluding hydrogens is 374 g/mol. The molecule has 0 radical (unpaired) electrons. The van der Waals surface area contributed by atoms with Crippen molar-refractivity contribution in [3.05, 3.63) is 51.9 Å². The van der Waals surface area contributed by atoms with Crippen molar-refractivity contribution in [2.24, 2.45) is 18.9 Å². The van der Waals surface area contributed by atoms with Crippen LogP contribution in [0.2, 0.25) is 0 Å². The highest BCUT2D eigenvalue weighted by molar-refractivity contribution is 7.92. The van der Waals surface area contributed by atoms with Gasteiger partial charge in [-0.15, -0.1) is 0 Å². The molecule has 6 heteroatoms. The highest BCUT2D eigenvalue weighted by Gasteiger charge is 2.33. The van der Waals surface area contributed by atoms with Crippen LogP contribution in [-0.4, -0.2) is 26.7 Å². The largest absolute Gasteiger partial charge is 0.616 e. The molecule has 2 heterocycles. The molecule has 5 nitrogen and oxygen atoms in total. The highest BCUT2D eigenvalue weighted by atomic mass is 32.2. The summed E-state index contributed by atoms with van der Waals surface area (Å²) >= 11 is -0.960. The van der Waals surface area contributed by atoms with E-state index in [-0.39, 0.29) is 16.7 Å². The Morgan fingerprint density at radius 1 is 1.36 bits per heavy atom. The summed E-state index contributed by atoms with van der Waals surface area (Å²) in [4.78, 5) is 12.5. The fourth-order valence-electron chi connectivity index (χ4n) is 3.74. The van der Waals surface area contributed by atoms with Crippen molar-refractivity contribution in [3.8, 4) is 0 Å². The van der Waals surface area contributed by atoms with E-state index in [9.17, 15) is 9.35 Å². The number of ether oxygens (including phenoxy) is 1. The topological polar surface area (TPSA) is 67.4 Å². The smallest absolute Gasteiger partial charge is 0.293 e. The molecule has 1 fully saturated rings. The van der Waals surface area contributed by atoms with Gasteiger partial charge in [-0.1, -0.05) is 6.92 Å².